The molecular weight excluding hydrogens is 186 g/mol. The number of aromatic nitrogens is 3. The molecule has 0 N–H and O–H groups in total. The number of fused-ring (bicyclic) bond motifs is 1. The lowest BCUT2D eigenvalue weighted by atomic mass is 10.1. The number of imidazole rings is 1. The molecule has 3 nitrogen and oxygen atoms in total. The molecule has 0 aliphatic rings. The molecule has 2 heterocycles. The molecule has 0 amide bonds. The zero-order valence-electron chi connectivity index (χ0n) is 7.96. The maximum absolute atomic E-state index is 4.26. The van der Waals surface area contributed by atoms with Crippen molar-refractivity contribution in [2.24, 2.45) is 0 Å². The molecule has 3 aromatic rings. The van der Waals surface area contributed by atoms with Gasteiger partial charge in [-0.1, -0.05) is 24.3 Å². The molecule has 2 aromatic heterocycles. The van der Waals surface area contributed by atoms with Crippen LogP contribution in [0.15, 0.2) is 49.1 Å². The van der Waals surface area contributed by atoms with E-state index >= 15 is 0 Å². The van der Waals surface area contributed by atoms with Gasteiger partial charge in [0.25, 0.3) is 0 Å². The van der Waals surface area contributed by atoms with Gasteiger partial charge < -0.3 is 0 Å². The SMILES string of the molecule is [c]1ccc(-c2cnc3nccn3c2)cc1. The highest BCUT2D eigenvalue weighted by Crippen LogP contribution is 2.17. The lowest BCUT2D eigenvalue weighted by molar-refractivity contribution is 1.11. The minimum absolute atomic E-state index is 0.723. The Morgan fingerprint density at radius 1 is 1.07 bits per heavy atom. The number of rotatable bonds is 1. The van der Waals surface area contributed by atoms with E-state index in [0.29, 0.717) is 0 Å². The topological polar surface area (TPSA) is 30.2 Å². The third-order valence-corrected chi connectivity index (χ3v) is 2.30. The smallest absolute Gasteiger partial charge is 0.233 e. The first-order chi connectivity index (χ1) is 7.43. The van der Waals surface area contributed by atoms with Crippen LogP contribution in [-0.4, -0.2) is 14.4 Å². The van der Waals surface area contributed by atoms with E-state index in [1.807, 2.05) is 47.3 Å². The van der Waals surface area contributed by atoms with Crippen LogP contribution in [0.5, 0.6) is 0 Å². The molecule has 0 bridgehead atoms. The van der Waals surface area contributed by atoms with Crippen LogP contribution in [0.25, 0.3) is 16.9 Å². The van der Waals surface area contributed by atoms with E-state index < -0.39 is 0 Å². The van der Waals surface area contributed by atoms with Gasteiger partial charge in [-0.05, 0) is 11.6 Å². The van der Waals surface area contributed by atoms with Gasteiger partial charge in [0.15, 0.2) is 0 Å². The lowest BCUT2D eigenvalue weighted by Crippen LogP contribution is -1.89. The van der Waals surface area contributed by atoms with Crippen LogP contribution < -0.4 is 0 Å². The first-order valence-corrected chi connectivity index (χ1v) is 4.69. The van der Waals surface area contributed by atoms with Gasteiger partial charge in [0.1, 0.15) is 0 Å². The highest BCUT2D eigenvalue weighted by atomic mass is 15.1. The summed E-state index contributed by atoms with van der Waals surface area (Å²) in [5, 5.41) is 0. The van der Waals surface area contributed by atoms with Crippen molar-refractivity contribution in [2.45, 2.75) is 0 Å². The van der Waals surface area contributed by atoms with E-state index in [9.17, 15) is 0 Å². The second-order valence-corrected chi connectivity index (χ2v) is 3.27. The van der Waals surface area contributed by atoms with Crippen molar-refractivity contribution >= 4 is 5.78 Å². The summed E-state index contributed by atoms with van der Waals surface area (Å²) in [5.41, 5.74) is 2.21. The molecule has 0 fully saturated rings. The molecule has 0 aliphatic heterocycles. The first kappa shape index (κ1) is 8.17. The minimum Gasteiger partial charge on any atom is -0.291 e. The van der Waals surface area contributed by atoms with Crippen LogP contribution in [0.2, 0.25) is 0 Å². The molecule has 1 radical (unpaired) electrons. The number of nitrogens with zero attached hydrogens (tertiary/aromatic N) is 3. The lowest BCUT2D eigenvalue weighted by Gasteiger charge is -2.00. The van der Waals surface area contributed by atoms with E-state index in [2.05, 4.69) is 16.0 Å². The Balaban J connectivity index is 2.19. The van der Waals surface area contributed by atoms with Gasteiger partial charge >= 0.3 is 0 Å². The first-order valence-electron chi connectivity index (χ1n) is 4.69. The van der Waals surface area contributed by atoms with Crippen molar-refractivity contribution in [1.82, 2.24) is 14.4 Å². The quantitative estimate of drug-likeness (QED) is 0.594. The Bertz CT molecular complexity index is 584. The molecule has 3 heteroatoms. The summed E-state index contributed by atoms with van der Waals surface area (Å²) < 4.78 is 1.91. The normalized spacial score (nSPS) is 10.7. The molecule has 1 aromatic carbocycles. The largest absolute Gasteiger partial charge is 0.291 e. The van der Waals surface area contributed by atoms with Crippen LogP contribution >= 0.6 is 0 Å². The van der Waals surface area contributed by atoms with Gasteiger partial charge in [-0.15, -0.1) is 0 Å². The van der Waals surface area contributed by atoms with Gasteiger partial charge in [0, 0.05) is 30.4 Å². The van der Waals surface area contributed by atoms with Crippen molar-refractivity contribution in [2.75, 3.05) is 0 Å². The molecule has 0 atom stereocenters. The molecule has 3 rings (SSSR count). The third kappa shape index (κ3) is 1.38. The molecular formula is C12H8N3. The third-order valence-electron chi connectivity index (χ3n) is 2.30. The Morgan fingerprint density at radius 2 is 1.93 bits per heavy atom. The Labute approximate surface area is 87.0 Å². The summed E-state index contributed by atoms with van der Waals surface area (Å²) in [4.78, 5) is 8.36. The highest BCUT2D eigenvalue weighted by Gasteiger charge is 1.99. The number of benzene rings is 1. The van der Waals surface area contributed by atoms with Crippen LogP contribution in [0, 0.1) is 6.07 Å². The summed E-state index contributed by atoms with van der Waals surface area (Å²) in [6, 6.07) is 10.8. The molecule has 0 aliphatic carbocycles. The molecule has 0 saturated carbocycles. The van der Waals surface area contributed by atoms with Crippen LogP contribution in [-0.2, 0) is 0 Å². The summed E-state index contributed by atoms with van der Waals surface area (Å²) in [7, 11) is 0. The fourth-order valence-corrected chi connectivity index (χ4v) is 1.54. The Morgan fingerprint density at radius 3 is 2.80 bits per heavy atom. The van der Waals surface area contributed by atoms with Gasteiger partial charge in [0.05, 0.1) is 0 Å². The van der Waals surface area contributed by atoms with Crippen molar-refractivity contribution in [3.05, 3.63) is 55.1 Å². The Kier molecular flexibility index (Phi) is 1.75. The fraction of sp³-hybridized carbons (Fsp3) is 0. The van der Waals surface area contributed by atoms with Crippen LogP contribution in [0.1, 0.15) is 0 Å². The van der Waals surface area contributed by atoms with Crippen molar-refractivity contribution in [3.63, 3.8) is 0 Å². The predicted octanol–water partition coefficient (Wildman–Crippen LogP) is 2.20. The standard InChI is InChI=1S/C12H8N3/c1-2-4-10(5-3-1)11-8-14-12-13-6-7-15(12)9-11/h2-9H. The van der Waals surface area contributed by atoms with Crippen molar-refractivity contribution in [3.8, 4) is 11.1 Å². The van der Waals surface area contributed by atoms with E-state index in [1.165, 1.54) is 0 Å². The summed E-state index contributed by atoms with van der Waals surface area (Å²) >= 11 is 0. The molecule has 71 valence electrons. The Hall–Kier alpha value is -2.16. The van der Waals surface area contributed by atoms with Gasteiger partial charge in [-0.2, -0.15) is 0 Å². The number of hydrogen-bond donors (Lipinski definition) is 0. The predicted molar refractivity (Wildman–Crippen MR) is 57.3 cm³/mol. The molecule has 15 heavy (non-hydrogen) atoms. The monoisotopic (exact) mass is 194 g/mol. The summed E-state index contributed by atoms with van der Waals surface area (Å²) in [5.74, 6) is 0.723. The van der Waals surface area contributed by atoms with E-state index in [0.717, 1.165) is 16.9 Å². The summed E-state index contributed by atoms with van der Waals surface area (Å²) in [6.45, 7) is 0. The molecule has 0 saturated heterocycles. The van der Waals surface area contributed by atoms with E-state index in [4.69, 9.17) is 0 Å². The highest BCUT2D eigenvalue weighted by molar-refractivity contribution is 5.62. The van der Waals surface area contributed by atoms with Gasteiger partial charge in [-0.25, -0.2) is 9.97 Å². The number of hydrogen-bond acceptors (Lipinski definition) is 2. The van der Waals surface area contributed by atoms with E-state index in [-0.39, 0.29) is 0 Å². The average molecular weight is 194 g/mol. The van der Waals surface area contributed by atoms with Crippen molar-refractivity contribution in [1.29, 1.82) is 0 Å². The maximum Gasteiger partial charge on any atom is 0.233 e. The van der Waals surface area contributed by atoms with Crippen LogP contribution in [0.4, 0.5) is 0 Å². The fourth-order valence-electron chi connectivity index (χ4n) is 1.54. The van der Waals surface area contributed by atoms with Gasteiger partial charge in [0.2, 0.25) is 5.78 Å². The van der Waals surface area contributed by atoms with E-state index in [1.54, 1.807) is 6.20 Å². The second-order valence-electron chi connectivity index (χ2n) is 3.27. The van der Waals surface area contributed by atoms with Crippen LogP contribution in [0.3, 0.4) is 0 Å². The summed E-state index contributed by atoms with van der Waals surface area (Å²) in [6.07, 6.45) is 7.48. The average Bonchev–Trinajstić information content (AvgIpc) is 2.77. The molecule has 0 spiro atoms. The van der Waals surface area contributed by atoms with Gasteiger partial charge in [-0.3, -0.25) is 4.40 Å². The zero-order valence-corrected chi connectivity index (χ0v) is 7.96. The minimum atomic E-state index is 0.723. The van der Waals surface area contributed by atoms with Crippen molar-refractivity contribution < 1.29 is 0 Å². The zero-order chi connectivity index (χ0) is 10.1. The second kappa shape index (κ2) is 3.20. The maximum atomic E-state index is 4.26. The molecule has 0 unspecified atom stereocenters.